The Kier molecular flexibility index (Phi) is 4.19. The standard InChI is InChI=1S/C13H20N2O/c14-8-4-10-16-13-7-9-15(11-13)12-5-2-1-3-6-12/h1-3,5-6,13H,4,7-11,14H2. The summed E-state index contributed by atoms with van der Waals surface area (Å²) in [6.45, 7) is 3.62. The second kappa shape index (κ2) is 5.87. The molecular formula is C13H20N2O. The van der Waals surface area contributed by atoms with Gasteiger partial charge in [0.15, 0.2) is 0 Å². The topological polar surface area (TPSA) is 38.5 Å². The Balaban J connectivity index is 1.79. The summed E-state index contributed by atoms with van der Waals surface area (Å²) in [7, 11) is 0. The molecule has 2 N–H and O–H groups in total. The quantitative estimate of drug-likeness (QED) is 0.766. The van der Waals surface area contributed by atoms with E-state index in [9.17, 15) is 0 Å². The minimum Gasteiger partial charge on any atom is -0.376 e. The number of benzene rings is 1. The average Bonchev–Trinajstić information content (AvgIpc) is 2.79. The van der Waals surface area contributed by atoms with E-state index in [-0.39, 0.29) is 0 Å². The van der Waals surface area contributed by atoms with E-state index in [0.717, 1.165) is 39.1 Å². The molecule has 1 aromatic rings. The first-order valence-electron chi connectivity index (χ1n) is 6.02. The van der Waals surface area contributed by atoms with Gasteiger partial charge in [-0.25, -0.2) is 0 Å². The van der Waals surface area contributed by atoms with Crippen LogP contribution in [-0.2, 0) is 4.74 Å². The lowest BCUT2D eigenvalue weighted by atomic mass is 10.3. The Morgan fingerprint density at radius 3 is 2.88 bits per heavy atom. The van der Waals surface area contributed by atoms with Crippen molar-refractivity contribution in [3.63, 3.8) is 0 Å². The largest absolute Gasteiger partial charge is 0.376 e. The van der Waals surface area contributed by atoms with Gasteiger partial charge in [0.25, 0.3) is 0 Å². The molecule has 16 heavy (non-hydrogen) atoms. The minimum atomic E-state index is 0.381. The maximum absolute atomic E-state index is 5.77. The molecule has 3 nitrogen and oxygen atoms in total. The zero-order valence-electron chi connectivity index (χ0n) is 9.64. The van der Waals surface area contributed by atoms with E-state index in [1.165, 1.54) is 5.69 Å². The fourth-order valence-electron chi connectivity index (χ4n) is 2.07. The molecule has 0 saturated carbocycles. The molecule has 2 rings (SSSR count). The predicted octanol–water partition coefficient (Wildman–Crippen LogP) is 1.63. The lowest BCUT2D eigenvalue weighted by Crippen LogP contribution is -2.23. The lowest BCUT2D eigenvalue weighted by molar-refractivity contribution is 0.0676. The molecule has 0 aromatic heterocycles. The molecule has 0 amide bonds. The smallest absolute Gasteiger partial charge is 0.0766 e. The zero-order valence-corrected chi connectivity index (χ0v) is 9.64. The van der Waals surface area contributed by atoms with Crippen LogP contribution in [0.1, 0.15) is 12.8 Å². The Morgan fingerprint density at radius 2 is 2.12 bits per heavy atom. The van der Waals surface area contributed by atoms with Crippen LogP contribution < -0.4 is 10.6 Å². The fraction of sp³-hybridized carbons (Fsp3) is 0.538. The fourth-order valence-corrected chi connectivity index (χ4v) is 2.07. The van der Waals surface area contributed by atoms with E-state index < -0.39 is 0 Å². The molecule has 1 aromatic carbocycles. The van der Waals surface area contributed by atoms with Crippen molar-refractivity contribution in [3.8, 4) is 0 Å². The number of anilines is 1. The minimum absolute atomic E-state index is 0.381. The number of nitrogens with zero attached hydrogens (tertiary/aromatic N) is 1. The highest BCUT2D eigenvalue weighted by Crippen LogP contribution is 2.21. The molecule has 1 atom stereocenters. The van der Waals surface area contributed by atoms with Crippen molar-refractivity contribution in [2.45, 2.75) is 18.9 Å². The van der Waals surface area contributed by atoms with Crippen LogP contribution in [-0.4, -0.2) is 32.3 Å². The number of nitrogens with two attached hydrogens (primary N) is 1. The molecule has 0 aliphatic carbocycles. The highest BCUT2D eigenvalue weighted by molar-refractivity contribution is 5.47. The van der Waals surface area contributed by atoms with Crippen LogP contribution >= 0.6 is 0 Å². The molecule has 88 valence electrons. The van der Waals surface area contributed by atoms with Crippen LogP contribution in [0.15, 0.2) is 30.3 Å². The van der Waals surface area contributed by atoms with Crippen molar-refractivity contribution in [3.05, 3.63) is 30.3 Å². The van der Waals surface area contributed by atoms with E-state index in [1.807, 2.05) is 0 Å². The Labute approximate surface area is 97.2 Å². The summed E-state index contributed by atoms with van der Waals surface area (Å²) in [6.07, 6.45) is 2.47. The third kappa shape index (κ3) is 2.97. The number of hydrogen-bond acceptors (Lipinski definition) is 3. The van der Waals surface area contributed by atoms with Gasteiger partial charge in [0.05, 0.1) is 6.10 Å². The Hall–Kier alpha value is -1.06. The lowest BCUT2D eigenvalue weighted by Gasteiger charge is -2.18. The Bertz CT molecular complexity index is 302. The summed E-state index contributed by atoms with van der Waals surface area (Å²) < 4.78 is 5.77. The van der Waals surface area contributed by atoms with Crippen molar-refractivity contribution in [2.75, 3.05) is 31.1 Å². The molecule has 1 aliphatic rings. The van der Waals surface area contributed by atoms with Crippen molar-refractivity contribution in [2.24, 2.45) is 5.73 Å². The van der Waals surface area contributed by atoms with E-state index >= 15 is 0 Å². The van der Waals surface area contributed by atoms with Gasteiger partial charge in [-0.2, -0.15) is 0 Å². The molecule has 1 heterocycles. The summed E-state index contributed by atoms with van der Waals surface area (Å²) in [5.74, 6) is 0. The SMILES string of the molecule is NCCCOC1CCN(c2ccccc2)C1. The van der Waals surface area contributed by atoms with Crippen LogP contribution in [0.5, 0.6) is 0 Å². The molecule has 1 saturated heterocycles. The van der Waals surface area contributed by atoms with Gasteiger partial charge in [0, 0.05) is 25.4 Å². The van der Waals surface area contributed by atoms with Gasteiger partial charge in [-0.05, 0) is 31.5 Å². The van der Waals surface area contributed by atoms with Gasteiger partial charge < -0.3 is 15.4 Å². The summed E-state index contributed by atoms with van der Waals surface area (Å²) in [5, 5.41) is 0. The van der Waals surface area contributed by atoms with Gasteiger partial charge >= 0.3 is 0 Å². The number of para-hydroxylation sites is 1. The van der Waals surface area contributed by atoms with Crippen LogP contribution in [0, 0.1) is 0 Å². The average molecular weight is 220 g/mol. The molecule has 0 radical (unpaired) electrons. The normalized spacial score (nSPS) is 20.3. The maximum Gasteiger partial charge on any atom is 0.0766 e. The summed E-state index contributed by atoms with van der Waals surface area (Å²) in [4.78, 5) is 2.38. The highest BCUT2D eigenvalue weighted by Gasteiger charge is 2.22. The number of hydrogen-bond donors (Lipinski definition) is 1. The van der Waals surface area contributed by atoms with Gasteiger partial charge in [0.2, 0.25) is 0 Å². The number of ether oxygens (including phenoxy) is 1. The molecule has 0 bridgehead atoms. The number of rotatable bonds is 5. The summed E-state index contributed by atoms with van der Waals surface area (Å²) in [6, 6.07) is 10.5. The second-order valence-electron chi connectivity index (χ2n) is 4.21. The zero-order chi connectivity index (χ0) is 11.2. The van der Waals surface area contributed by atoms with Crippen LogP contribution in [0.2, 0.25) is 0 Å². The van der Waals surface area contributed by atoms with E-state index in [2.05, 4.69) is 35.2 Å². The first kappa shape index (κ1) is 11.4. The summed E-state index contributed by atoms with van der Waals surface area (Å²) in [5.41, 5.74) is 6.74. The van der Waals surface area contributed by atoms with Gasteiger partial charge in [-0.1, -0.05) is 18.2 Å². The first-order valence-corrected chi connectivity index (χ1v) is 6.02. The maximum atomic E-state index is 5.77. The third-order valence-corrected chi connectivity index (χ3v) is 2.97. The van der Waals surface area contributed by atoms with E-state index in [4.69, 9.17) is 10.5 Å². The second-order valence-corrected chi connectivity index (χ2v) is 4.21. The van der Waals surface area contributed by atoms with Crippen LogP contribution in [0.25, 0.3) is 0 Å². The van der Waals surface area contributed by atoms with Crippen LogP contribution in [0.4, 0.5) is 5.69 Å². The predicted molar refractivity (Wildman–Crippen MR) is 66.7 cm³/mol. The molecule has 1 unspecified atom stereocenters. The highest BCUT2D eigenvalue weighted by atomic mass is 16.5. The summed E-state index contributed by atoms with van der Waals surface area (Å²) >= 11 is 0. The van der Waals surface area contributed by atoms with E-state index in [1.54, 1.807) is 0 Å². The van der Waals surface area contributed by atoms with Crippen molar-refractivity contribution < 1.29 is 4.74 Å². The third-order valence-electron chi connectivity index (χ3n) is 2.97. The van der Waals surface area contributed by atoms with Crippen molar-refractivity contribution >= 4 is 5.69 Å². The van der Waals surface area contributed by atoms with Gasteiger partial charge in [-0.3, -0.25) is 0 Å². The first-order chi connectivity index (χ1) is 7.90. The molecular weight excluding hydrogens is 200 g/mol. The molecule has 3 heteroatoms. The molecule has 1 fully saturated rings. The van der Waals surface area contributed by atoms with Gasteiger partial charge in [0.1, 0.15) is 0 Å². The van der Waals surface area contributed by atoms with Crippen LogP contribution in [0.3, 0.4) is 0 Å². The monoisotopic (exact) mass is 220 g/mol. The Morgan fingerprint density at radius 1 is 1.31 bits per heavy atom. The van der Waals surface area contributed by atoms with E-state index in [0.29, 0.717) is 6.10 Å². The molecule has 0 spiro atoms. The van der Waals surface area contributed by atoms with Crippen molar-refractivity contribution in [1.29, 1.82) is 0 Å². The molecule has 1 aliphatic heterocycles. The van der Waals surface area contributed by atoms with Crippen molar-refractivity contribution in [1.82, 2.24) is 0 Å². The van der Waals surface area contributed by atoms with Gasteiger partial charge in [-0.15, -0.1) is 0 Å².